The van der Waals surface area contributed by atoms with E-state index in [1.54, 1.807) is 24.2 Å². The normalized spacial score (nSPS) is 20.0. The van der Waals surface area contributed by atoms with Crippen molar-refractivity contribution in [3.05, 3.63) is 41.4 Å². The van der Waals surface area contributed by atoms with Crippen LogP contribution >= 0.6 is 11.8 Å². The minimum Gasteiger partial charge on any atom is -0.455 e. The van der Waals surface area contributed by atoms with Gasteiger partial charge in [-0.05, 0) is 38.3 Å². The number of amides is 1. The lowest BCUT2D eigenvalue weighted by molar-refractivity contribution is 0.0211. The van der Waals surface area contributed by atoms with Crippen LogP contribution in [0.4, 0.5) is 0 Å². The molecule has 2 aromatic heterocycles. The zero-order chi connectivity index (χ0) is 17.4. The molecule has 1 spiro atoms. The maximum atomic E-state index is 12.8. The van der Waals surface area contributed by atoms with Crippen LogP contribution in [0, 0.1) is 0 Å². The molecule has 134 valence electrons. The van der Waals surface area contributed by atoms with E-state index in [-0.39, 0.29) is 11.4 Å². The van der Waals surface area contributed by atoms with Crippen LogP contribution in [0.15, 0.2) is 22.9 Å². The molecule has 4 rings (SSSR count). The topological polar surface area (TPSA) is 65.4 Å². The van der Waals surface area contributed by atoms with Crippen molar-refractivity contribution in [3.8, 4) is 0 Å². The second-order valence-electron chi connectivity index (χ2n) is 6.92. The first kappa shape index (κ1) is 16.7. The van der Waals surface area contributed by atoms with Gasteiger partial charge in [-0.3, -0.25) is 9.69 Å². The van der Waals surface area contributed by atoms with Crippen LogP contribution < -0.4 is 0 Å². The van der Waals surface area contributed by atoms with Gasteiger partial charge >= 0.3 is 0 Å². The first-order valence-corrected chi connectivity index (χ1v) is 10.1. The lowest BCUT2D eigenvalue weighted by Crippen LogP contribution is -2.55. The van der Waals surface area contributed by atoms with Crippen molar-refractivity contribution in [3.63, 3.8) is 0 Å². The first-order valence-electron chi connectivity index (χ1n) is 8.75. The summed E-state index contributed by atoms with van der Waals surface area (Å²) in [7, 11) is 2.18. The molecule has 4 heterocycles. The fourth-order valence-electron chi connectivity index (χ4n) is 4.15. The Morgan fingerprint density at radius 1 is 1.36 bits per heavy atom. The number of H-pyrrole nitrogens is 1. The highest BCUT2D eigenvalue weighted by Crippen LogP contribution is 2.41. The lowest BCUT2D eigenvalue weighted by atomic mass is 9.79. The molecule has 0 radical (unpaired) electrons. The third-order valence-corrected chi connectivity index (χ3v) is 6.20. The van der Waals surface area contributed by atoms with Gasteiger partial charge in [0, 0.05) is 31.7 Å². The standard InChI is InChI=1S/C18H24N4O2S/c1-21-8-5-14-16(20-12-19-14)18(21)6-9-22(10-7-18)17(23)15-4-3-13(24-15)11-25-2/h3-4,12H,5-11H2,1-2H3,(H,19,20). The highest BCUT2D eigenvalue weighted by atomic mass is 32.2. The molecule has 0 aromatic carbocycles. The summed E-state index contributed by atoms with van der Waals surface area (Å²) in [6, 6.07) is 3.71. The van der Waals surface area contributed by atoms with Crippen LogP contribution in [0.25, 0.3) is 0 Å². The third-order valence-electron chi connectivity index (χ3n) is 5.62. The Labute approximate surface area is 152 Å². The molecule has 6 nitrogen and oxygen atoms in total. The summed E-state index contributed by atoms with van der Waals surface area (Å²) in [4.78, 5) is 25.0. The molecule has 2 aromatic rings. The van der Waals surface area contributed by atoms with Gasteiger partial charge in [-0.1, -0.05) is 0 Å². The number of imidazole rings is 1. The molecule has 0 atom stereocenters. The van der Waals surface area contributed by atoms with Gasteiger partial charge in [0.15, 0.2) is 5.76 Å². The summed E-state index contributed by atoms with van der Waals surface area (Å²) in [5.74, 6) is 2.11. The van der Waals surface area contributed by atoms with E-state index < -0.39 is 0 Å². The van der Waals surface area contributed by atoms with Crippen LogP contribution in [0.2, 0.25) is 0 Å². The van der Waals surface area contributed by atoms with E-state index >= 15 is 0 Å². The molecule has 1 amide bonds. The van der Waals surface area contributed by atoms with Gasteiger partial charge in [-0.2, -0.15) is 11.8 Å². The number of carbonyl (C=O) groups excluding carboxylic acids is 1. The number of rotatable bonds is 3. The van der Waals surface area contributed by atoms with Crippen molar-refractivity contribution < 1.29 is 9.21 Å². The van der Waals surface area contributed by atoms with Gasteiger partial charge < -0.3 is 14.3 Å². The number of carbonyl (C=O) groups is 1. The van der Waals surface area contributed by atoms with Crippen LogP contribution in [0.1, 0.15) is 40.5 Å². The second-order valence-corrected chi connectivity index (χ2v) is 7.79. The molecule has 2 aliphatic heterocycles. The summed E-state index contributed by atoms with van der Waals surface area (Å²) in [5, 5.41) is 0. The minimum absolute atomic E-state index is 0.00270. The predicted molar refractivity (Wildman–Crippen MR) is 97.7 cm³/mol. The maximum absolute atomic E-state index is 12.8. The summed E-state index contributed by atoms with van der Waals surface area (Å²) < 4.78 is 5.70. The summed E-state index contributed by atoms with van der Waals surface area (Å²) in [5.41, 5.74) is 2.39. The third kappa shape index (κ3) is 2.79. The SMILES string of the molecule is CSCc1ccc(C(=O)N2CCC3(CC2)c2nc[nH]c2CCN3C)o1. The van der Waals surface area contributed by atoms with E-state index in [1.807, 2.05) is 17.2 Å². The molecular formula is C18H24N4O2S. The average Bonchev–Trinajstić information content (AvgIpc) is 3.28. The minimum atomic E-state index is -0.0441. The Balaban J connectivity index is 1.49. The largest absolute Gasteiger partial charge is 0.455 e. The molecule has 1 N–H and O–H groups in total. The highest BCUT2D eigenvalue weighted by Gasteiger charge is 2.45. The van der Waals surface area contributed by atoms with Crippen LogP contribution in [0.5, 0.6) is 0 Å². The van der Waals surface area contributed by atoms with Crippen molar-refractivity contribution in [1.82, 2.24) is 19.8 Å². The zero-order valence-electron chi connectivity index (χ0n) is 14.7. The van der Waals surface area contributed by atoms with Crippen molar-refractivity contribution in [2.45, 2.75) is 30.6 Å². The molecule has 0 unspecified atom stereocenters. The van der Waals surface area contributed by atoms with Gasteiger partial charge in [-0.15, -0.1) is 0 Å². The molecule has 1 saturated heterocycles. The monoisotopic (exact) mass is 360 g/mol. The Bertz CT molecular complexity index is 761. The number of hydrogen-bond acceptors (Lipinski definition) is 5. The number of hydrogen-bond donors (Lipinski definition) is 1. The Morgan fingerprint density at radius 2 is 2.16 bits per heavy atom. The van der Waals surface area contributed by atoms with Gasteiger partial charge in [0.05, 0.1) is 23.3 Å². The van der Waals surface area contributed by atoms with E-state index in [4.69, 9.17) is 4.42 Å². The molecule has 7 heteroatoms. The van der Waals surface area contributed by atoms with Crippen molar-refractivity contribution in [1.29, 1.82) is 0 Å². The fourth-order valence-corrected chi connectivity index (χ4v) is 4.59. The molecule has 1 fully saturated rings. The van der Waals surface area contributed by atoms with Gasteiger partial charge in [0.25, 0.3) is 5.91 Å². The number of likely N-dealkylation sites (tertiary alicyclic amines) is 1. The molecular weight excluding hydrogens is 336 g/mol. The lowest BCUT2D eigenvalue weighted by Gasteiger charge is -2.49. The summed E-state index contributed by atoms with van der Waals surface area (Å²) >= 11 is 1.69. The number of nitrogens with one attached hydrogen (secondary N) is 1. The zero-order valence-corrected chi connectivity index (χ0v) is 15.6. The number of thioether (sulfide) groups is 1. The number of likely N-dealkylation sites (N-methyl/N-ethyl adjacent to an activating group) is 1. The van der Waals surface area contributed by atoms with Crippen LogP contribution in [-0.4, -0.2) is 58.6 Å². The van der Waals surface area contributed by atoms with Gasteiger partial charge in [-0.25, -0.2) is 4.98 Å². The van der Waals surface area contributed by atoms with E-state index in [0.29, 0.717) is 5.76 Å². The predicted octanol–water partition coefficient (Wildman–Crippen LogP) is 2.49. The molecule has 0 bridgehead atoms. The van der Waals surface area contributed by atoms with Crippen molar-refractivity contribution >= 4 is 17.7 Å². The van der Waals surface area contributed by atoms with E-state index in [2.05, 4.69) is 21.9 Å². The quantitative estimate of drug-likeness (QED) is 0.911. The number of nitrogens with zero attached hydrogens (tertiary/aromatic N) is 3. The number of fused-ring (bicyclic) bond motifs is 2. The molecule has 0 saturated carbocycles. The van der Waals surface area contributed by atoms with E-state index in [1.165, 1.54) is 11.4 Å². The van der Waals surface area contributed by atoms with Crippen LogP contribution in [-0.2, 0) is 17.7 Å². The summed E-state index contributed by atoms with van der Waals surface area (Å²) in [6.45, 7) is 2.49. The van der Waals surface area contributed by atoms with Crippen molar-refractivity contribution in [2.24, 2.45) is 0 Å². The van der Waals surface area contributed by atoms with E-state index in [9.17, 15) is 4.79 Å². The number of piperidine rings is 1. The fraction of sp³-hybridized carbons (Fsp3) is 0.556. The Kier molecular flexibility index (Phi) is 4.37. The van der Waals surface area contributed by atoms with Gasteiger partial charge in [0.1, 0.15) is 5.76 Å². The first-order chi connectivity index (χ1) is 12.1. The maximum Gasteiger partial charge on any atom is 0.289 e. The smallest absolute Gasteiger partial charge is 0.289 e. The number of aromatic nitrogens is 2. The molecule has 0 aliphatic carbocycles. The van der Waals surface area contributed by atoms with Crippen LogP contribution in [0.3, 0.4) is 0 Å². The Hall–Kier alpha value is -1.73. The Morgan fingerprint density at radius 3 is 2.92 bits per heavy atom. The van der Waals surface area contributed by atoms with E-state index in [0.717, 1.165) is 50.4 Å². The number of aromatic amines is 1. The molecule has 25 heavy (non-hydrogen) atoms. The summed E-state index contributed by atoms with van der Waals surface area (Å²) in [6.07, 6.45) is 6.66. The average molecular weight is 360 g/mol. The molecule has 2 aliphatic rings. The van der Waals surface area contributed by atoms with Crippen molar-refractivity contribution in [2.75, 3.05) is 32.9 Å². The van der Waals surface area contributed by atoms with Gasteiger partial charge in [0.2, 0.25) is 0 Å². The number of furan rings is 1. The second kappa shape index (κ2) is 6.53. The highest BCUT2D eigenvalue weighted by molar-refractivity contribution is 7.97.